The number of anilines is 3. The molecule has 3 atom stereocenters. The van der Waals surface area contributed by atoms with E-state index in [2.05, 4.69) is 36.1 Å². The van der Waals surface area contributed by atoms with E-state index in [0.717, 1.165) is 47.7 Å². The van der Waals surface area contributed by atoms with E-state index in [0.29, 0.717) is 35.2 Å². The number of halogens is 4. The number of para-hydroxylation sites is 3. The van der Waals surface area contributed by atoms with Gasteiger partial charge in [0.05, 0.1) is 29.6 Å². The average molecular weight is 1080 g/mol. The Morgan fingerprint density at radius 1 is 1.14 bits per heavy atom. The molecule has 3 aliphatic heterocycles. The lowest BCUT2D eigenvalue weighted by Crippen LogP contribution is -2.47. The first-order valence-corrected chi connectivity index (χ1v) is 26.9. The molecule has 0 bridgehead atoms. The molecule has 3 aliphatic rings. The number of ether oxygens (including phenoxy) is 3. The fraction of sp³-hybridized carbons (Fsp3) is 0.458. The van der Waals surface area contributed by atoms with Crippen molar-refractivity contribution >= 4 is 100 Å². The first-order valence-electron chi connectivity index (χ1n) is 22.4. The largest absolute Gasteiger partial charge is 0.489 e. The van der Waals surface area contributed by atoms with Gasteiger partial charge in [0.25, 0.3) is 11.8 Å². The van der Waals surface area contributed by atoms with Crippen molar-refractivity contribution in [2.24, 2.45) is 16.1 Å². The second-order valence-corrected chi connectivity index (χ2v) is 22.0. The number of nitrogens with zero attached hydrogens (tertiary/aromatic N) is 6. The molecular formula is C48H60Cl3FN7O10PS. The van der Waals surface area contributed by atoms with Crippen LogP contribution in [0.3, 0.4) is 0 Å². The summed E-state index contributed by atoms with van der Waals surface area (Å²) in [6.45, 7) is 15.4. The third-order valence-corrected chi connectivity index (χ3v) is 13.4. The molecule has 1 aromatic heterocycles. The summed E-state index contributed by atoms with van der Waals surface area (Å²) in [5, 5.41) is 8.28. The van der Waals surface area contributed by atoms with Crippen molar-refractivity contribution in [2.75, 3.05) is 66.5 Å². The SMILES string of the molecule is C#CCN1C(=O)COc2cc(F)c(/N=c3\snc4n3CC(C)(C)C4)cc21.CC1COc2ccccc2N1C(=O)C(Cl)Cl.CCOCN(C(=O)CCl)c1c(C)cccc1CC.CP(=O)(O)CCC(N)C(=O)O. The van der Waals surface area contributed by atoms with E-state index in [-0.39, 0.29) is 73.2 Å². The molecule has 23 heteroatoms. The van der Waals surface area contributed by atoms with Gasteiger partial charge < -0.3 is 39.4 Å². The topological polar surface area (TPSA) is 219 Å². The van der Waals surface area contributed by atoms with Crippen LogP contribution in [0.2, 0.25) is 0 Å². The molecule has 7 rings (SSSR count). The Kier molecular flexibility index (Phi) is 21.9. The maximum atomic E-state index is 14.5. The summed E-state index contributed by atoms with van der Waals surface area (Å²) in [5.41, 5.74) is 9.61. The molecule has 386 valence electrons. The van der Waals surface area contributed by atoms with Gasteiger partial charge in [0.1, 0.15) is 48.3 Å². The van der Waals surface area contributed by atoms with E-state index in [9.17, 15) is 28.1 Å². The number of carboxylic acid groups (broad SMARTS) is 1. The van der Waals surface area contributed by atoms with Crippen molar-refractivity contribution in [1.82, 2.24) is 8.94 Å². The van der Waals surface area contributed by atoms with Crippen LogP contribution in [-0.2, 0) is 47.9 Å². The third kappa shape index (κ3) is 16.2. The zero-order chi connectivity index (χ0) is 52.8. The quantitative estimate of drug-likeness (QED) is 0.0509. The van der Waals surface area contributed by atoms with E-state index in [1.807, 2.05) is 67.8 Å². The van der Waals surface area contributed by atoms with Crippen LogP contribution >= 0.6 is 53.7 Å². The summed E-state index contributed by atoms with van der Waals surface area (Å²) in [7, 11) is -3.10. The number of aryl methyl sites for hydroxylation is 2. The Bertz CT molecular complexity index is 2690. The van der Waals surface area contributed by atoms with E-state index >= 15 is 0 Å². The van der Waals surface area contributed by atoms with Crippen LogP contribution in [0.15, 0.2) is 59.6 Å². The van der Waals surface area contributed by atoms with Gasteiger partial charge in [-0.05, 0) is 68.4 Å². The van der Waals surface area contributed by atoms with E-state index < -0.39 is 30.0 Å². The van der Waals surface area contributed by atoms with Crippen LogP contribution in [0.5, 0.6) is 11.5 Å². The number of hydrogen-bond acceptors (Lipinski definition) is 12. The normalized spacial score (nSPS) is 16.6. The van der Waals surface area contributed by atoms with E-state index in [4.69, 9.17) is 71.2 Å². The fourth-order valence-electron chi connectivity index (χ4n) is 7.40. The lowest BCUT2D eigenvalue weighted by atomic mass is 9.92. The second kappa shape index (κ2) is 26.6. The van der Waals surface area contributed by atoms with Gasteiger partial charge in [-0.25, -0.2) is 9.38 Å². The zero-order valence-electron chi connectivity index (χ0n) is 40.6. The van der Waals surface area contributed by atoms with Crippen LogP contribution in [0.25, 0.3) is 0 Å². The molecule has 3 amide bonds. The van der Waals surface area contributed by atoms with Gasteiger partial charge in [0, 0.05) is 50.0 Å². The molecule has 3 unspecified atom stereocenters. The molecule has 71 heavy (non-hydrogen) atoms. The number of alkyl halides is 3. The second-order valence-electron chi connectivity index (χ2n) is 17.3. The van der Waals surface area contributed by atoms with Crippen molar-refractivity contribution in [3.8, 4) is 23.8 Å². The van der Waals surface area contributed by atoms with Crippen molar-refractivity contribution in [3.63, 3.8) is 0 Å². The van der Waals surface area contributed by atoms with Crippen molar-refractivity contribution < 1.29 is 52.3 Å². The molecule has 0 saturated heterocycles. The highest BCUT2D eigenvalue weighted by molar-refractivity contribution is 7.57. The maximum absolute atomic E-state index is 14.5. The lowest BCUT2D eigenvalue weighted by Gasteiger charge is -2.35. The number of nitrogens with two attached hydrogens (primary N) is 1. The number of aliphatic carboxylic acids is 1. The van der Waals surface area contributed by atoms with Gasteiger partial charge in [-0.15, -0.1) is 18.0 Å². The molecule has 0 radical (unpaired) electrons. The fourth-order valence-corrected chi connectivity index (χ4v) is 9.27. The molecule has 0 spiro atoms. The number of amides is 3. The van der Waals surface area contributed by atoms with Gasteiger partial charge in [0.2, 0.25) is 10.7 Å². The van der Waals surface area contributed by atoms with Crippen LogP contribution in [0, 0.1) is 30.5 Å². The smallest absolute Gasteiger partial charge is 0.320 e. The van der Waals surface area contributed by atoms with Gasteiger partial charge in [-0.2, -0.15) is 4.37 Å². The van der Waals surface area contributed by atoms with Gasteiger partial charge in [-0.3, -0.25) is 33.5 Å². The highest BCUT2D eigenvalue weighted by Gasteiger charge is 2.33. The van der Waals surface area contributed by atoms with Gasteiger partial charge in [-0.1, -0.05) is 80.2 Å². The van der Waals surface area contributed by atoms with Crippen LogP contribution in [0.4, 0.5) is 27.1 Å². The monoisotopic (exact) mass is 1080 g/mol. The predicted molar refractivity (Wildman–Crippen MR) is 276 cm³/mol. The van der Waals surface area contributed by atoms with Crippen molar-refractivity contribution in [2.45, 2.75) is 84.3 Å². The summed E-state index contributed by atoms with van der Waals surface area (Å²) in [6.07, 6.45) is 7.09. The van der Waals surface area contributed by atoms with Crippen molar-refractivity contribution in [3.05, 3.63) is 82.2 Å². The Morgan fingerprint density at radius 3 is 2.46 bits per heavy atom. The molecule has 0 fully saturated rings. The number of hydrogen-bond donors (Lipinski definition) is 3. The molecule has 4 heterocycles. The van der Waals surface area contributed by atoms with Crippen LogP contribution in [-0.4, -0.2) is 111 Å². The zero-order valence-corrected chi connectivity index (χ0v) is 44.6. The van der Waals surface area contributed by atoms with Crippen LogP contribution < -0.4 is 34.7 Å². The predicted octanol–water partition coefficient (Wildman–Crippen LogP) is 7.67. The first kappa shape index (κ1) is 58.5. The molecule has 4 N–H and O–H groups in total. The number of carbonyl (C=O) groups excluding carboxylic acids is 3. The standard InChI is InChI=1S/C18H17FN4O2S.C14H20ClNO2.C11H11Cl2NO2.C5H12NO4P/c1-4-5-22-13-7-12(11(19)6-14(13)25-9-16(22)24)20-17-23-10-18(2,3)8-15(23)21-26-17;1-4-12-8-6-7-11(3)14(12)16(10-18-5-2)13(17)9-15;1-7-6-16-9-5-3-2-4-8(9)14(7)11(15)10(12)13;1-11(9,10)3-2-4(6)5(7)8/h1,6-7H,5,8-10H2,2-3H3;6-8H,4-5,9-10H2,1-3H3;2-5,7,10H,6H2,1H3;4H,2-3,6H2,1H3,(H,7,8)(H,9,10)/b20-17-;;;. The Balaban J connectivity index is 0.000000216. The summed E-state index contributed by atoms with van der Waals surface area (Å²) < 4.78 is 47.9. The molecule has 4 aromatic rings. The number of carbonyl (C=O) groups is 4. The van der Waals surface area contributed by atoms with Gasteiger partial charge >= 0.3 is 5.97 Å². The van der Waals surface area contributed by atoms with Crippen LogP contribution in [0.1, 0.15) is 58.0 Å². The molecular weight excluding hydrogens is 1020 g/mol. The third-order valence-electron chi connectivity index (χ3n) is 10.9. The molecule has 17 nitrogen and oxygen atoms in total. The summed E-state index contributed by atoms with van der Waals surface area (Å²) in [4.78, 5) is 63.4. The highest BCUT2D eigenvalue weighted by Crippen LogP contribution is 2.39. The highest BCUT2D eigenvalue weighted by atomic mass is 35.5. The number of aromatic nitrogens is 2. The molecule has 0 aliphatic carbocycles. The lowest BCUT2D eigenvalue weighted by molar-refractivity contribution is -0.138. The molecule has 3 aromatic carbocycles. The summed E-state index contributed by atoms with van der Waals surface area (Å²) in [5.74, 6) is 1.98. The first-order chi connectivity index (χ1) is 33.5. The minimum atomic E-state index is -3.10. The summed E-state index contributed by atoms with van der Waals surface area (Å²) >= 11 is 18.2. The number of carboxylic acids is 1. The van der Waals surface area contributed by atoms with E-state index in [1.54, 1.807) is 9.80 Å². The minimum Gasteiger partial charge on any atom is -0.489 e. The molecule has 0 saturated carbocycles. The maximum Gasteiger partial charge on any atom is 0.320 e. The number of benzene rings is 3. The van der Waals surface area contributed by atoms with Gasteiger partial charge in [0.15, 0.2) is 24.6 Å². The Labute approximate surface area is 432 Å². The number of rotatable bonds is 13. The Hall–Kier alpha value is -5.03. The Morgan fingerprint density at radius 2 is 1.85 bits per heavy atom. The summed E-state index contributed by atoms with van der Waals surface area (Å²) in [6, 6.07) is 15.0. The number of terminal acetylenes is 1. The average Bonchev–Trinajstić information content (AvgIpc) is 3.84. The minimum absolute atomic E-state index is 0.0371. The van der Waals surface area contributed by atoms with Crippen molar-refractivity contribution in [1.29, 1.82) is 0 Å². The number of fused-ring (bicyclic) bond motifs is 3. The van der Waals surface area contributed by atoms with E-state index in [1.165, 1.54) is 35.2 Å².